The van der Waals surface area contributed by atoms with Gasteiger partial charge in [0.2, 0.25) is 11.7 Å². The van der Waals surface area contributed by atoms with Gasteiger partial charge < -0.3 is 19.1 Å². The molecular weight excluding hydrogens is 434 g/mol. The van der Waals surface area contributed by atoms with Gasteiger partial charge in [-0.1, -0.05) is 16.8 Å². The van der Waals surface area contributed by atoms with E-state index in [2.05, 4.69) is 20.1 Å². The number of halogens is 1. The second-order valence-corrected chi connectivity index (χ2v) is 7.47. The van der Waals surface area contributed by atoms with Gasteiger partial charge in [0.25, 0.3) is 11.5 Å². The number of aromatic amines is 1. The normalized spacial score (nSPS) is 11.0. The van der Waals surface area contributed by atoms with Gasteiger partial charge in [0, 0.05) is 24.1 Å². The number of rotatable bonds is 7. The van der Waals surface area contributed by atoms with Gasteiger partial charge in [0.1, 0.15) is 11.6 Å². The third-order valence-electron chi connectivity index (χ3n) is 4.77. The number of hydrogen-bond acceptors (Lipinski definition) is 7. The van der Waals surface area contributed by atoms with Crippen molar-refractivity contribution in [3.8, 4) is 5.75 Å². The van der Waals surface area contributed by atoms with Crippen LogP contribution in [-0.2, 0) is 13.2 Å². The Morgan fingerprint density at radius 1 is 1.19 bits per heavy atom. The van der Waals surface area contributed by atoms with Gasteiger partial charge in [-0.05, 0) is 49.4 Å². The molecule has 0 bridgehead atoms. The fourth-order valence-electron chi connectivity index (χ4n) is 3.17. The van der Waals surface area contributed by atoms with Gasteiger partial charge in [-0.15, -0.1) is 0 Å². The molecule has 0 unspecified atom stereocenters. The van der Waals surface area contributed by atoms with Gasteiger partial charge in [-0.3, -0.25) is 9.59 Å². The molecule has 2 heterocycles. The number of aromatic nitrogens is 4. The Morgan fingerprint density at radius 3 is 2.66 bits per heavy atom. The molecule has 10 heteroatoms. The zero-order chi connectivity index (χ0) is 22.7. The molecule has 4 aromatic rings. The van der Waals surface area contributed by atoms with Crippen molar-refractivity contribution in [1.29, 1.82) is 0 Å². The number of carbonyl (C=O) groups is 1. The molecule has 0 saturated carbocycles. The van der Waals surface area contributed by atoms with E-state index in [9.17, 15) is 9.59 Å². The Labute approximate surface area is 188 Å². The van der Waals surface area contributed by atoms with Crippen molar-refractivity contribution in [2.24, 2.45) is 0 Å². The SMILES string of the molecule is CCN(Cc1nc2cc(Cl)ccc2c(=O)[nH]1)C(=O)c1ccc(OCc2noc(C)n2)cc1. The average Bonchev–Trinajstić information content (AvgIpc) is 3.20. The molecule has 1 amide bonds. The van der Waals surface area contributed by atoms with Crippen LogP contribution >= 0.6 is 11.6 Å². The maximum Gasteiger partial charge on any atom is 0.258 e. The number of nitrogens with one attached hydrogen (secondary N) is 1. The van der Waals surface area contributed by atoms with E-state index >= 15 is 0 Å². The van der Waals surface area contributed by atoms with E-state index in [1.807, 2.05) is 6.92 Å². The Hall–Kier alpha value is -3.72. The third-order valence-corrected chi connectivity index (χ3v) is 5.00. The fourth-order valence-corrected chi connectivity index (χ4v) is 3.33. The number of H-pyrrole nitrogens is 1. The minimum atomic E-state index is -0.275. The zero-order valence-electron chi connectivity index (χ0n) is 17.5. The van der Waals surface area contributed by atoms with Crippen LogP contribution in [-0.4, -0.2) is 37.5 Å². The monoisotopic (exact) mass is 453 g/mol. The molecule has 164 valence electrons. The molecule has 9 nitrogen and oxygen atoms in total. The predicted octanol–water partition coefficient (Wildman–Crippen LogP) is 3.51. The lowest BCUT2D eigenvalue weighted by atomic mass is 10.2. The van der Waals surface area contributed by atoms with Crippen molar-refractivity contribution >= 4 is 28.4 Å². The number of amides is 1. The Morgan fingerprint density at radius 2 is 1.97 bits per heavy atom. The van der Waals surface area contributed by atoms with Crippen LogP contribution in [0.3, 0.4) is 0 Å². The number of nitrogens with zero attached hydrogens (tertiary/aromatic N) is 4. The van der Waals surface area contributed by atoms with E-state index in [1.165, 1.54) is 0 Å². The summed E-state index contributed by atoms with van der Waals surface area (Å²) >= 11 is 6.02. The third kappa shape index (κ3) is 4.78. The van der Waals surface area contributed by atoms with Crippen molar-refractivity contribution in [3.63, 3.8) is 0 Å². The molecule has 0 spiro atoms. The van der Waals surface area contributed by atoms with Crippen LogP contribution in [0.1, 0.15) is 34.8 Å². The van der Waals surface area contributed by atoms with E-state index in [0.717, 1.165) is 0 Å². The van der Waals surface area contributed by atoms with Crippen molar-refractivity contribution in [1.82, 2.24) is 25.0 Å². The summed E-state index contributed by atoms with van der Waals surface area (Å²) < 4.78 is 10.5. The van der Waals surface area contributed by atoms with Crippen LogP contribution in [0.2, 0.25) is 5.02 Å². The van der Waals surface area contributed by atoms with Gasteiger partial charge in [-0.2, -0.15) is 4.98 Å². The summed E-state index contributed by atoms with van der Waals surface area (Å²) in [5, 5.41) is 4.70. The predicted molar refractivity (Wildman–Crippen MR) is 118 cm³/mol. The topological polar surface area (TPSA) is 114 Å². The molecule has 0 aliphatic heterocycles. The van der Waals surface area contributed by atoms with Crippen LogP contribution in [0, 0.1) is 6.92 Å². The van der Waals surface area contributed by atoms with Crippen LogP contribution in [0.5, 0.6) is 5.75 Å². The fraction of sp³-hybridized carbons (Fsp3) is 0.227. The zero-order valence-corrected chi connectivity index (χ0v) is 18.2. The van der Waals surface area contributed by atoms with Gasteiger partial charge >= 0.3 is 0 Å². The highest BCUT2D eigenvalue weighted by molar-refractivity contribution is 6.31. The first-order valence-corrected chi connectivity index (χ1v) is 10.3. The second kappa shape index (κ2) is 9.19. The summed E-state index contributed by atoms with van der Waals surface area (Å²) in [5.41, 5.74) is 0.697. The van der Waals surface area contributed by atoms with E-state index in [0.29, 0.717) is 51.3 Å². The molecular formula is C22H20ClN5O4. The van der Waals surface area contributed by atoms with Gasteiger partial charge in [0.05, 0.1) is 17.4 Å². The molecule has 0 aliphatic rings. The number of ether oxygens (including phenoxy) is 1. The number of benzene rings is 2. The van der Waals surface area contributed by atoms with Crippen LogP contribution < -0.4 is 10.3 Å². The molecule has 4 rings (SSSR count). The summed E-state index contributed by atoms with van der Waals surface area (Å²) in [6, 6.07) is 11.6. The first-order valence-electron chi connectivity index (χ1n) is 9.92. The number of carbonyl (C=O) groups excluding carboxylic acids is 1. The van der Waals surface area contributed by atoms with Crippen molar-refractivity contribution in [2.45, 2.75) is 27.0 Å². The number of hydrogen-bond donors (Lipinski definition) is 1. The molecule has 0 saturated heterocycles. The van der Waals surface area contributed by atoms with E-state index < -0.39 is 0 Å². The molecule has 2 aromatic heterocycles. The highest BCUT2D eigenvalue weighted by atomic mass is 35.5. The van der Waals surface area contributed by atoms with Gasteiger partial charge in [-0.25, -0.2) is 4.98 Å². The largest absolute Gasteiger partial charge is 0.485 e. The lowest BCUT2D eigenvalue weighted by Crippen LogP contribution is -2.31. The number of aryl methyl sites for hydroxylation is 1. The van der Waals surface area contributed by atoms with Crippen molar-refractivity contribution < 1.29 is 14.1 Å². The molecule has 0 atom stereocenters. The second-order valence-electron chi connectivity index (χ2n) is 7.04. The van der Waals surface area contributed by atoms with Crippen molar-refractivity contribution in [2.75, 3.05) is 6.54 Å². The summed E-state index contributed by atoms with van der Waals surface area (Å²) in [6.45, 7) is 4.32. The Kier molecular flexibility index (Phi) is 6.18. The Bertz CT molecular complexity index is 1320. The summed E-state index contributed by atoms with van der Waals surface area (Å²) in [6.07, 6.45) is 0. The van der Waals surface area contributed by atoms with E-state index in [4.69, 9.17) is 20.9 Å². The highest BCUT2D eigenvalue weighted by Crippen LogP contribution is 2.17. The number of fused-ring (bicyclic) bond motifs is 1. The smallest absolute Gasteiger partial charge is 0.258 e. The van der Waals surface area contributed by atoms with Gasteiger partial charge in [0.15, 0.2) is 6.61 Å². The summed E-state index contributed by atoms with van der Waals surface area (Å²) in [4.78, 5) is 38.2. The van der Waals surface area contributed by atoms with Crippen molar-refractivity contribution in [3.05, 3.63) is 80.9 Å². The summed E-state index contributed by atoms with van der Waals surface area (Å²) in [7, 11) is 0. The Balaban J connectivity index is 1.46. The van der Waals surface area contributed by atoms with Crippen LogP contribution in [0.25, 0.3) is 10.9 Å². The maximum absolute atomic E-state index is 13.0. The quantitative estimate of drug-likeness (QED) is 0.455. The molecule has 0 aliphatic carbocycles. The molecule has 32 heavy (non-hydrogen) atoms. The standard InChI is InChI=1S/C22H20ClN5O4/c1-3-28(11-19-25-18-10-15(23)6-9-17(18)21(29)26-19)22(30)14-4-7-16(8-5-14)31-12-20-24-13(2)32-27-20/h4-10H,3,11-12H2,1-2H3,(H,25,26,29). The minimum Gasteiger partial charge on any atom is -0.485 e. The molecule has 0 radical (unpaired) electrons. The lowest BCUT2D eigenvalue weighted by Gasteiger charge is -2.20. The molecule has 0 fully saturated rings. The molecule has 1 N–H and O–H groups in total. The lowest BCUT2D eigenvalue weighted by molar-refractivity contribution is 0.0748. The molecule has 2 aromatic carbocycles. The maximum atomic E-state index is 13.0. The van der Waals surface area contributed by atoms with Crippen LogP contribution in [0.15, 0.2) is 51.8 Å². The van der Waals surface area contributed by atoms with E-state index in [-0.39, 0.29) is 24.6 Å². The first-order chi connectivity index (χ1) is 15.4. The van der Waals surface area contributed by atoms with Crippen LogP contribution in [0.4, 0.5) is 0 Å². The van der Waals surface area contributed by atoms with E-state index in [1.54, 1.807) is 54.3 Å². The average molecular weight is 454 g/mol. The highest BCUT2D eigenvalue weighted by Gasteiger charge is 2.17. The minimum absolute atomic E-state index is 0.155. The first kappa shape index (κ1) is 21.5. The summed E-state index contributed by atoms with van der Waals surface area (Å²) in [5.74, 6) is 1.67.